The number of halogens is 4. The maximum atomic E-state index is 10.4. The molecule has 1 aliphatic heterocycles. The molecule has 1 aliphatic rings. The summed E-state index contributed by atoms with van der Waals surface area (Å²) in [5.74, 6) is 1.09. The molecular formula is C20H22Cl4N2O3. The molecule has 1 saturated heterocycles. The van der Waals surface area contributed by atoms with Gasteiger partial charge in [-0.3, -0.25) is 4.90 Å². The minimum atomic E-state index is -0.700. The van der Waals surface area contributed by atoms with E-state index >= 15 is 0 Å². The molecule has 0 bridgehead atoms. The third-order valence-electron chi connectivity index (χ3n) is 4.76. The average Bonchev–Trinajstić information content (AvgIpc) is 2.72. The number of rotatable bonds is 7. The quantitative estimate of drug-likeness (QED) is 0.453. The fraction of sp³-hybridized carbons (Fsp3) is 0.400. The zero-order chi connectivity index (χ0) is 21.0. The molecule has 0 saturated carbocycles. The van der Waals surface area contributed by atoms with Crippen LogP contribution >= 0.6 is 46.4 Å². The average molecular weight is 480 g/mol. The van der Waals surface area contributed by atoms with Crippen molar-refractivity contribution in [1.82, 2.24) is 4.90 Å². The van der Waals surface area contributed by atoms with E-state index in [9.17, 15) is 5.11 Å². The molecule has 3 rings (SSSR count). The predicted molar refractivity (Wildman–Crippen MR) is 120 cm³/mol. The molecule has 1 fully saturated rings. The second-order valence-corrected chi connectivity index (χ2v) is 8.29. The number of hydrogen-bond acceptors (Lipinski definition) is 5. The lowest BCUT2D eigenvalue weighted by atomic mass is 10.2. The summed E-state index contributed by atoms with van der Waals surface area (Å²) in [4.78, 5) is 4.48. The fourth-order valence-corrected chi connectivity index (χ4v) is 4.29. The minimum absolute atomic E-state index is 0.0458. The van der Waals surface area contributed by atoms with Crippen molar-refractivity contribution in [3.05, 3.63) is 50.4 Å². The predicted octanol–water partition coefficient (Wildman–Crippen LogP) is 4.87. The molecule has 0 radical (unpaired) electrons. The molecule has 1 unspecified atom stereocenters. The first kappa shape index (κ1) is 22.6. The summed E-state index contributed by atoms with van der Waals surface area (Å²) in [6, 6.07) is 9.45. The molecule has 1 atom stereocenters. The van der Waals surface area contributed by atoms with Crippen LogP contribution in [-0.4, -0.2) is 62.6 Å². The van der Waals surface area contributed by atoms with Gasteiger partial charge in [0.2, 0.25) is 0 Å². The minimum Gasteiger partial charge on any atom is -0.495 e. The molecule has 0 aromatic heterocycles. The van der Waals surface area contributed by atoms with Gasteiger partial charge in [-0.2, -0.15) is 0 Å². The topological polar surface area (TPSA) is 45.2 Å². The van der Waals surface area contributed by atoms with E-state index in [4.69, 9.17) is 55.9 Å². The van der Waals surface area contributed by atoms with Crippen LogP contribution in [0.4, 0.5) is 5.69 Å². The molecule has 0 amide bonds. The Labute approximate surface area is 190 Å². The van der Waals surface area contributed by atoms with Crippen molar-refractivity contribution in [3.8, 4) is 11.5 Å². The van der Waals surface area contributed by atoms with E-state index in [0.29, 0.717) is 6.54 Å². The normalized spacial score (nSPS) is 16.0. The van der Waals surface area contributed by atoms with Gasteiger partial charge in [0.05, 0.1) is 27.9 Å². The van der Waals surface area contributed by atoms with Crippen LogP contribution in [0.2, 0.25) is 20.1 Å². The Kier molecular flexibility index (Phi) is 8.02. The summed E-state index contributed by atoms with van der Waals surface area (Å²) in [7, 11) is 1.68. The van der Waals surface area contributed by atoms with Gasteiger partial charge in [0, 0.05) is 32.7 Å². The number of benzene rings is 2. The van der Waals surface area contributed by atoms with Crippen molar-refractivity contribution in [1.29, 1.82) is 0 Å². The zero-order valence-corrected chi connectivity index (χ0v) is 18.9. The number of hydrogen-bond donors (Lipinski definition) is 1. The summed E-state index contributed by atoms with van der Waals surface area (Å²) < 4.78 is 11.1. The Morgan fingerprint density at radius 1 is 1.00 bits per heavy atom. The highest BCUT2D eigenvalue weighted by molar-refractivity contribution is 6.50. The molecule has 0 spiro atoms. The molecule has 2 aromatic carbocycles. The van der Waals surface area contributed by atoms with Crippen molar-refractivity contribution in [3.63, 3.8) is 0 Å². The highest BCUT2D eigenvalue weighted by atomic mass is 35.5. The van der Waals surface area contributed by atoms with E-state index in [1.807, 2.05) is 18.2 Å². The Morgan fingerprint density at radius 3 is 2.38 bits per heavy atom. The monoisotopic (exact) mass is 478 g/mol. The van der Waals surface area contributed by atoms with Crippen LogP contribution in [0, 0.1) is 0 Å². The molecule has 158 valence electrons. The molecule has 2 aromatic rings. The van der Waals surface area contributed by atoms with Gasteiger partial charge in [-0.05, 0) is 18.2 Å². The van der Waals surface area contributed by atoms with Crippen LogP contribution < -0.4 is 14.4 Å². The van der Waals surface area contributed by atoms with Crippen LogP contribution in [-0.2, 0) is 0 Å². The fourth-order valence-electron chi connectivity index (χ4n) is 3.27. The summed E-state index contributed by atoms with van der Waals surface area (Å²) in [5.41, 5.74) is 1.09. The summed E-state index contributed by atoms with van der Waals surface area (Å²) >= 11 is 24.2. The molecule has 1 heterocycles. The van der Waals surface area contributed by atoms with Gasteiger partial charge in [0.1, 0.15) is 23.5 Å². The van der Waals surface area contributed by atoms with Gasteiger partial charge in [-0.25, -0.2) is 0 Å². The Bertz CT molecular complexity index is 845. The van der Waals surface area contributed by atoms with Crippen molar-refractivity contribution in [2.45, 2.75) is 6.10 Å². The maximum Gasteiger partial charge on any atom is 0.158 e. The van der Waals surface area contributed by atoms with E-state index in [-0.39, 0.29) is 32.4 Å². The number of piperazine rings is 1. The standard InChI is InChI=1S/C20H22Cl4N2O3/c1-28-17-5-3-2-4-16(17)26-8-6-25(7-9-26)11-13(27)12-29-20-15(22)10-14(21)18(23)19(20)24/h2-5,10,13,27H,6-9,11-12H2,1H3. The SMILES string of the molecule is COc1ccccc1N1CCN(CC(O)COc2c(Cl)cc(Cl)c(Cl)c2Cl)CC1. The third kappa shape index (κ3) is 5.54. The van der Waals surface area contributed by atoms with E-state index in [2.05, 4.69) is 15.9 Å². The van der Waals surface area contributed by atoms with Crippen molar-refractivity contribution < 1.29 is 14.6 Å². The first-order chi connectivity index (χ1) is 13.9. The number of nitrogens with zero attached hydrogens (tertiary/aromatic N) is 2. The number of methoxy groups -OCH3 is 1. The van der Waals surface area contributed by atoms with Crippen molar-refractivity contribution >= 4 is 52.1 Å². The van der Waals surface area contributed by atoms with Crippen molar-refractivity contribution in [2.24, 2.45) is 0 Å². The number of aliphatic hydroxyl groups is 1. The Hall–Kier alpha value is -1.08. The second-order valence-electron chi connectivity index (χ2n) is 6.72. The van der Waals surface area contributed by atoms with E-state index in [1.54, 1.807) is 7.11 Å². The lowest BCUT2D eigenvalue weighted by molar-refractivity contribution is 0.0663. The Balaban J connectivity index is 1.50. The third-order valence-corrected chi connectivity index (χ3v) is 6.28. The first-order valence-corrected chi connectivity index (χ1v) is 10.7. The number of para-hydroxylation sites is 2. The molecule has 29 heavy (non-hydrogen) atoms. The van der Waals surface area contributed by atoms with Crippen LogP contribution in [0.15, 0.2) is 30.3 Å². The summed E-state index contributed by atoms with van der Waals surface area (Å²) in [5, 5.41) is 11.2. The number of β-amino-alcohol motifs (C(OH)–C–C–N with tert-alkyl or cyclic N) is 1. The second kappa shape index (κ2) is 10.3. The summed E-state index contributed by atoms with van der Waals surface area (Å²) in [6.45, 7) is 3.87. The van der Waals surface area contributed by atoms with Crippen molar-refractivity contribution in [2.75, 3.05) is 51.3 Å². The van der Waals surface area contributed by atoms with E-state index in [1.165, 1.54) is 6.07 Å². The number of ether oxygens (including phenoxy) is 2. The number of aliphatic hydroxyl groups excluding tert-OH is 1. The Morgan fingerprint density at radius 2 is 1.69 bits per heavy atom. The van der Waals surface area contributed by atoms with Gasteiger partial charge in [-0.15, -0.1) is 0 Å². The highest BCUT2D eigenvalue weighted by Gasteiger charge is 2.22. The van der Waals surface area contributed by atoms with Gasteiger partial charge >= 0.3 is 0 Å². The maximum absolute atomic E-state index is 10.4. The van der Waals surface area contributed by atoms with E-state index < -0.39 is 6.10 Å². The van der Waals surface area contributed by atoms with Gasteiger partial charge in [0.15, 0.2) is 5.75 Å². The van der Waals surface area contributed by atoms with Crippen LogP contribution in [0.5, 0.6) is 11.5 Å². The summed E-state index contributed by atoms with van der Waals surface area (Å²) in [6.07, 6.45) is -0.700. The van der Waals surface area contributed by atoms with Crippen LogP contribution in [0.1, 0.15) is 0 Å². The lowest BCUT2D eigenvalue weighted by Crippen LogP contribution is -2.49. The largest absolute Gasteiger partial charge is 0.495 e. The first-order valence-electron chi connectivity index (χ1n) is 9.15. The van der Waals surface area contributed by atoms with Crippen LogP contribution in [0.25, 0.3) is 0 Å². The van der Waals surface area contributed by atoms with Crippen LogP contribution in [0.3, 0.4) is 0 Å². The molecule has 1 N–H and O–H groups in total. The molecule has 5 nitrogen and oxygen atoms in total. The lowest BCUT2D eigenvalue weighted by Gasteiger charge is -2.37. The van der Waals surface area contributed by atoms with E-state index in [0.717, 1.165) is 37.6 Å². The number of anilines is 1. The zero-order valence-electron chi connectivity index (χ0n) is 15.9. The molecule has 9 heteroatoms. The molecule has 0 aliphatic carbocycles. The van der Waals surface area contributed by atoms with Gasteiger partial charge in [0.25, 0.3) is 0 Å². The highest BCUT2D eigenvalue weighted by Crippen LogP contribution is 2.42. The smallest absolute Gasteiger partial charge is 0.158 e. The molecular weight excluding hydrogens is 458 g/mol. The van der Waals surface area contributed by atoms with Gasteiger partial charge in [-0.1, -0.05) is 58.5 Å². The van der Waals surface area contributed by atoms with Gasteiger partial charge < -0.3 is 19.5 Å².